The number of amides is 1. The van der Waals surface area contributed by atoms with Gasteiger partial charge in [-0.25, -0.2) is 4.79 Å². The lowest BCUT2D eigenvalue weighted by Crippen LogP contribution is -2.56. The van der Waals surface area contributed by atoms with Gasteiger partial charge in [0.15, 0.2) is 0 Å². The zero-order valence-corrected chi connectivity index (χ0v) is 16.9. The van der Waals surface area contributed by atoms with E-state index in [0.29, 0.717) is 19.7 Å². The number of nitrogens with zero attached hydrogens (tertiary/aromatic N) is 2. The fourth-order valence-corrected chi connectivity index (χ4v) is 3.79. The van der Waals surface area contributed by atoms with Crippen LogP contribution in [0.25, 0.3) is 11.1 Å². The Hall–Kier alpha value is -2.53. The maximum atomic E-state index is 12.4. The van der Waals surface area contributed by atoms with Crippen LogP contribution in [0.1, 0.15) is 26.3 Å². The molecule has 0 saturated carbocycles. The first-order valence-electron chi connectivity index (χ1n) is 9.92. The molecule has 2 aromatic rings. The van der Waals surface area contributed by atoms with Gasteiger partial charge in [0.1, 0.15) is 18.0 Å². The number of carbonyl (C=O) groups excluding carboxylic acids is 1. The Bertz CT molecular complexity index is 845. The number of rotatable bonds is 1. The molecule has 4 rings (SSSR count). The third-order valence-corrected chi connectivity index (χ3v) is 5.24. The number of hydrogen-bond donors (Lipinski definition) is 0. The maximum absolute atomic E-state index is 12.4. The minimum Gasteiger partial charge on any atom is -0.492 e. The monoisotopic (exact) mass is 380 g/mol. The van der Waals surface area contributed by atoms with Gasteiger partial charge in [0.05, 0.1) is 6.04 Å². The molecule has 148 valence electrons. The Kier molecular flexibility index (Phi) is 5.02. The van der Waals surface area contributed by atoms with Gasteiger partial charge in [-0.2, -0.15) is 0 Å². The Morgan fingerprint density at radius 1 is 1.07 bits per heavy atom. The average Bonchev–Trinajstić information content (AvgIpc) is 2.85. The molecule has 0 bridgehead atoms. The molecule has 1 unspecified atom stereocenters. The highest BCUT2D eigenvalue weighted by molar-refractivity contribution is 5.68. The zero-order valence-electron chi connectivity index (χ0n) is 16.9. The summed E-state index contributed by atoms with van der Waals surface area (Å²) >= 11 is 0. The molecule has 1 fully saturated rings. The first kappa shape index (κ1) is 18.8. The summed E-state index contributed by atoms with van der Waals surface area (Å²) in [6, 6.07) is 17.0. The van der Waals surface area contributed by atoms with E-state index in [0.717, 1.165) is 24.4 Å². The van der Waals surface area contributed by atoms with Gasteiger partial charge in [0, 0.05) is 31.7 Å². The molecule has 28 heavy (non-hydrogen) atoms. The van der Waals surface area contributed by atoms with Crippen LogP contribution >= 0.6 is 0 Å². The fraction of sp³-hybridized carbons (Fsp3) is 0.435. The lowest BCUT2D eigenvalue weighted by molar-refractivity contribution is -0.00154. The number of carbonyl (C=O) groups is 1. The molecule has 2 aromatic carbocycles. The Morgan fingerprint density at radius 3 is 2.61 bits per heavy atom. The molecule has 5 nitrogen and oxygen atoms in total. The molecular weight excluding hydrogens is 352 g/mol. The molecule has 0 aliphatic carbocycles. The number of piperazine rings is 1. The summed E-state index contributed by atoms with van der Waals surface area (Å²) in [6.07, 6.45) is -0.236. The predicted molar refractivity (Wildman–Crippen MR) is 109 cm³/mol. The highest BCUT2D eigenvalue weighted by Crippen LogP contribution is 2.31. The third kappa shape index (κ3) is 4.14. The van der Waals surface area contributed by atoms with Gasteiger partial charge in [0.25, 0.3) is 0 Å². The van der Waals surface area contributed by atoms with Crippen molar-refractivity contribution >= 4 is 6.09 Å². The topological polar surface area (TPSA) is 42.0 Å². The number of benzene rings is 2. The highest BCUT2D eigenvalue weighted by atomic mass is 16.6. The lowest BCUT2D eigenvalue weighted by atomic mass is 10.0. The van der Waals surface area contributed by atoms with Crippen LogP contribution in [0, 0.1) is 0 Å². The van der Waals surface area contributed by atoms with E-state index >= 15 is 0 Å². The second kappa shape index (κ2) is 7.47. The minimum atomic E-state index is -0.474. The molecule has 0 aromatic heterocycles. The van der Waals surface area contributed by atoms with Gasteiger partial charge >= 0.3 is 6.09 Å². The number of fused-ring (bicyclic) bond motifs is 2. The van der Waals surface area contributed by atoms with Gasteiger partial charge in [-0.1, -0.05) is 42.5 Å². The quantitative estimate of drug-likeness (QED) is 0.745. The van der Waals surface area contributed by atoms with E-state index in [2.05, 4.69) is 35.2 Å². The van der Waals surface area contributed by atoms with Crippen molar-refractivity contribution in [3.05, 3.63) is 54.1 Å². The van der Waals surface area contributed by atoms with E-state index in [1.807, 2.05) is 39.0 Å². The molecule has 0 radical (unpaired) electrons. The second-order valence-electron chi connectivity index (χ2n) is 8.55. The van der Waals surface area contributed by atoms with Crippen LogP contribution in [-0.2, 0) is 11.3 Å². The molecule has 1 atom stereocenters. The van der Waals surface area contributed by atoms with E-state index in [1.165, 1.54) is 11.1 Å². The van der Waals surface area contributed by atoms with Crippen LogP contribution in [0.5, 0.6) is 5.75 Å². The van der Waals surface area contributed by atoms with Crippen molar-refractivity contribution in [1.82, 2.24) is 9.80 Å². The van der Waals surface area contributed by atoms with E-state index in [1.54, 1.807) is 4.90 Å². The number of ether oxygens (including phenoxy) is 2. The first-order valence-corrected chi connectivity index (χ1v) is 9.92. The Labute approximate surface area is 166 Å². The fourth-order valence-electron chi connectivity index (χ4n) is 3.79. The smallest absolute Gasteiger partial charge is 0.410 e. The normalized spacial score (nSPS) is 19.8. The van der Waals surface area contributed by atoms with Gasteiger partial charge in [0.2, 0.25) is 0 Å². The van der Waals surface area contributed by atoms with Crippen LogP contribution in [0.3, 0.4) is 0 Å². The largest absolute Gasteiger partial charge is 0.492 e. The van der Waals surface area contributed by atoms with E-state index < -0.39 is 5.60 Å². The third-order valence-electron chi connectivity index (χ3n) is 5.24. The molecule has 2 aliphatic rings. The minimum absolute atomic E-state index is 0.175. The summed E-state index contributed by atoms with van der Waals surface area (Å²) in [6.45, 7) is 9.26. The maximum Gasteiger partial charge on any atom is 0.410 e. The second-order valence-corrected chi connectivity index (χ2v) is 8.55. The van der Waals surface area contributed by atoms with Crippen LogP contribution in [0.4, 0.5) is 4.79 Å². The molecule has 2 aliphatic heterocycles. The summed E-state index contributed by atoms with van der Waals surface area (Å²) in [5, 5.41) is 0. The zero-order chi connectivity index (χ0) is 19.7. The standard InChI is InChI=1S/C23H28N2O3/c1-23(2,3)28-22(26)25-12-11-24-14-19-10-9-18(17-7-5-4-6-8-17)13-21(19)27-16-20(24)15-25/h4-10,13,20H,11-12,14-16H2,1-3H3. The van der Waals surface area contributed by atoms with Crippen LogP contribution in [0.15, 0.2) is 48.5 Å². The SMILES string of the molecule is CC(C)(C)OC(=O)N1CCN2Cc3ccc(-c4ccccc4)cc3OCC2C1. The van der Waals surface area contributed by atoms with Crippen molar-refractivity contribution in [1.29, 1.82) is 0 Å². The van der Waals surface area contributed by atoms with Crippen molar-refractivity contribution in [2.75, 3.05) is 26.2 Å². The molecular formula is C23H28N2O3. The lowest BCUT2D eigenvalue weighted by Gasteiger charge is -2.40. The Morgan fingerprint density at radius 2 is 1.86 bits per heavy atom. The highest BCUT2D eigenvalue weighted by Gasteiger charge is 2.34. The summed E-state index contributed by atoms with van der Waals surface area (Å²) in [5.41, 5.74) is 3.08. The van der Waals surface area contributed by atoms with Gasteiger partial charge in [-0.15, -0.1) is 0 Å². The van der Waals surface area contributed by atoms with Gasteiger partial charge < -0.3 is 14.4 Å². The van der Waals surface area contributed by atoms with Crippen LogP contribution in [-0.4, -0.2) is 53.8 Å². The van der Waals surface area contributed by atoms with Crippen molar-refractivity contribution in [2.45, 2.75) is 39.0 Å². The molecule has 0 spiro atoms. The summed E-state index contributed by atoms with van der Waals surface area (Å²) < 4.78 is 11.7. The number of hydrogen-bond acceptors (Lipinski definition) is 4. The van der Waals surface area contributed by atoms with Crippen LogP contribution < -0.4 is 4.74 Å². The van der Waals surface area contributed by atoms with Crippen molar-refractivity contribution in [3.63, 3.8) is 0 Å². The molecule has 5 heteroatoms. The van der Waals surface area contributed by atoms with E-state index in [-0.39, 0.29) is 12.1 Å². The summed E-state index contributed by atoms with van der Waals surface area (Å²) in [7, 11) is 0. The van der Waals surface area contributed by atoms with Crippen molar-refractivity contribution < 1.29 is 14.3 Å². The van der Waals surface area contributed by atoms with Gasteiger partial charge in [-0.05, 0) is 38.0 Å². The Balaban J connectivity index is 1.48. The van der Waals surface area contributed by atoms with Crippen molar-refractivity contribution in [3.8, 4) is 16.9 Å². The van der Waals surface area contributed by atoms with Gasteiger partial charge in [-0.3, -0.25) is 4.90 Å². The van der Waals surface area contributed by atoms with E-state index in [9.17, 15) is 4.79 Å². The van der Waals surface area contributed by atoms with Crippen LogP contribution in [0.2, 0.25) is 0 Å². The predicted octanol–water partition coefficient (Wildman–Crippen LogP) is 4.17. The first-order chi connectivity index (χ1) is 13.4. The summed E-state index contributed by atoms with van der Waals surface area (Å²) in [5.74, 6) is 0.944. The summed E-state index contributed by atoms with van der Waals surface area (Å²) in [4.78, 5) is 16.7. The molecule has 1 saturated heterocycles. The molecule has 0 N–H and O–H groups in total. The average molecular weight is 380 g/mol. The van der Waals surface area contributed by atoms with Crippen molar-refractivity contribution in [2.24, 2.45) is 0 Å². The molecule has 2 heterocycles. The van der Waals surface area contributed by atoms with E-state index in [4.69, 9.17) is 9.47 Å². The molecule has 1 amide bonds.